The predicted molar refractivity (Wildman–Crippen MR) is 67.8 cm³/mol. The van der Waals surface area contributed by atoms with Crippen molar-refractivity contribution in [3.63, 3.8) is 0 Å². The molecule has 3 nitrogen and oxygen atoms in total. The summed E-state index contributed by atoms with van der Waals surface area (Å²) >= 11 is 0. The van der Waals surface area contributed by atoms with Crippen LogP contribution in [0.4, 0.5) is 10.2 Å². The molecule has 0 saturated carbocycles. The molecule has 1 aromatic carbocycles. The summed E-state index contributed by atoms with van der Waals surface area (Å²) in [6.45, 7) is 1.79. The summed E-state index contributed by atoms with van der Waals surface area (Å²) < 4.78 is 13.1. The van der Waals surface area contributed by atoms with Crippen LogP contribution in [0, 0.1) is 12.7 Å². The number of hydrogen-bond donors (Lipinski definition) is 1. The predicted octanol–water partition coefficient (Wildman–Crippen LogP) is 2.54. The van der Waals surface area contributed by atoms with Crippen molar-refractivity contribution in [3.05, 3.63) is 59.0 Å². The lowest BCUT2D eigenvalue weighted by atomic mass is 9.99. The maximum absolute atomic E-state index is 13.1. The van der Waals surface area contributed by atoms with E-state index in [-0.39, 0.29) is 12.2 Å². The van der Waals surface area contributed by atoms with E-state index in [0.717, 1.165) is 11.1 Å². The van der Waals surface area contributed by atoms with Gasteiger partial charge in [-0.1, -0.05) is 6.07 Å². The van der Waals surface area contributed by atoms with Gasteiger partial charge in [-0.15, -0.1) is 0 Å². The monoisotopic (exact) mass is 244 g/mol. The van der Waals surface area contributed by atoms with Gasteiger partial charge < -0.3 is 5.73 Å². The average Bonchev–Trinajstić information content (AvgIpc) is 2.32. The summed E-state index contributed by atoms with van der Waals surface area (Å²) in [7, 11) is 0. The Hall–Kier alpha value is -2.23. The molecule has 1 aromatic heterocycles. The highest BCUT2D eigenvalue weighted by atomic mass is 19.1. The molecular formula is C14H13FN2O. The Morgan fingerprint density at radius 3 is 2.83 bits per heavy atom. The number of ketones is 1. The molecule has 92 valence electrons. The zero-order valence-electron chi connectivity index (χ0n) is 9.98. The van der Waals surface area contributed by atoms with E-state index in [4.69, 9.17) is 5.73 Å². The summed E-state index contributed by atoms with van der Waals surface area (Å²) in [5.41, 5.74) is 7.49. The van der Waals surface area contributed by atoms with Gasteiger partial charge in [-0.25, -0.2) is 9.37 Å². The van der Waals surface area contributed by atoms with Gasteiger partial charge in [-0.05, 0) is 42.3 Å². The Kier molecular flexibility index (Phi) is 3.37. The highest BCUT2D eigenvalue weighted by Gasteiger charge is 2.11. The van der Waals surface area contributed by atoms with Crippen molar-refractivity contribution in [1.29, 1.82) is 0 Å². The third-order valence-electron chi connectivity index (χ3n) is 2.71. The Labute approximate surface area is 104 Å². The molecule has 0 radical (unpaired) electrons. The van der Waals surface area contributed by atoms with Crippen LogP contribution in [0.1, 0.15) is 21.5 Å². The molecule has 0 aliphatic heterocycles. The average molecular weight is 244 g/mol. The fourth-order valence-corrected chi connectivity index (χ4v) is 1.78. The molecule has 0 bridgehead atoms. The van der Waals surface area contributed by atoms with E-state index in [0.29, 0.717) is 11.4 Å². The molecule has 2 aromatic rings. The van der Waals surface area contributed by atoms with Crippen LogP contribution < -0.4 is 5.73 Å². The van der Waals surface area contributed by atoms with Crippen LogP contribution in [0.5, 0.6) is 0 Å². The number of anilines is 1. The molecule has 0 spiro atoms. The van der Waals surface area contributed by atoms with Crippen LogP contribution in [0.3, 0.4) is 0 Å². The van der Waals surface area contributed by atoms with E-state index in [1.165, 1.54) is 12.1 Å². The Bertz CT molecular complexity index is 596. The number of aromatic nitrogens is 1. The lowest BCUT2D eigenvalue weighted by molar-refractivity contribution is 0.0992. The number of halogens is 1. The lowest BCUT2D eigenvalue weighted by Crippen LogP contribution is -2.06. The van der Waals surface area contributed by atoms with Gasteiger partial charge in [-0.3, -0.25) is 4.79 Å². The van der Waals surface area contributed by atoms with Gasteiger partial charge >= 0.3 is 0 Å². The normalized spacial score (nSPS) is 10.3. The van der Waals surface area contributed by atoms with Gasteiger partial charge in [-0.2, -0.15) is 0 Å². The number of aryl methyl sites for hydroxylation is 1. The van der Waals surface area contributed by atoms with Crippen LogP contribution in [-0.2, 0) is 6.42 Å². The number of benzene rings is 1. The molecule has 18 heavy (non-hydrogen) atoms. The fourth-order valence-electron chi connectivity index (χ4n) is 1.78. The summed E-state index contributed by atoms with van der Waals surface area (Å²) in [6, 6.07) is 7.58. The first-order valence-electron chi connectivity index (χ1n) is 5.56. The van der Waals surface area contributed by atoms with Crippen molar-refractivity contribution in [2.75, 3.05) is 5.73 Å². The molecule has 0 saturated heterocycles. The van der Waals surface area contributed by atoms with E-state index in [1.54, 1.807) is 31.3 Å². The van der Waals surface area contributed by atoms with Gasteiger partial charge in [0.05, 0.1) is 0 Å². The lowest BCUT2D eigenvalue weighted by Gasteiger charge is -2.05. The number of pyridine rings is 1. The first kappa shape index (κ1) is 12.2. The molecule has 0 aliphatic carbocycles. The molecule has 0 fully saturated rings. The molecule has 4 heteroatoms. The van der Waals surface area contributed by atoms with Crippen LogP contribution in [0.15, 0.2) is 36.5 Å². The quantitative estimate of drug-likeness (QED) is 0.844. The number of carbonyl (C=O) groups excluding carboxylic acids is 1. The van der Waals surface area contributed by atoms with Gasteiger partial charge in [0, 0.05) is 18.2 Å². The van der Waals surface area contributed by atoms with Crippen LogP contribution in [0.25, 0.3) is 0 Å². The largest absolute Gasteiger partial charge is 0.384 e. The number of nitrogens with zero attached hydrogens (tertiary/aromatic N) is 1. The molecule has 0 amide bonds. The first-order chi connectivity index (χ1) is 8.56. The highest BCUT2D eigenvalue weighted by Crippen LogP contribution is 2.14. The number of rotatable bonds is 3. The molecule has 0 aliphatic rings. The van der Waals surface area contributed by atoms with E-state index < -0.39 is 5.82 Å². The van der Waals surface area contributed by atoms with Gasteiger partial charge in [0.15, 0.2) is 5.78 Å². The van der Waals surface area contributed by atoms with Crippen molar-refractivity contribution in [2.24, 2.45) is 0 Å². The number of hydrogen-bond acceptors (Lipinski definition) is 3. The fraction of sp³-hybridized carbons (Fsp3) is 0.143. The summed E-state index contributed by atoms with van der Waals surface area (Å²) in [6.07, 6.45) is 1.74. The number of carbonyl (C=O) groups is 1. The summed E-state index contributed by atoms with van der Waals surface area (Å²) in [5, 5.41) is 0. The Balaban J connectivity index is 2.24. The maximum atomic E-state index is 13.1. The van der Waals surface area contributed by atoms with Crippen molar-refractivity contribution in [2.45, 2.75) is 13.3 Å². The first-order valence-corrected chi connectivity index (χ1v) is 5.56. The zero-order chi connectivity index (χ0) is 13.1. The zero-order valence-corrected chi connectivity index (χ0v) is 9.98. The van der Waals surface area contributed by atoms with Crippen molar-refractivity contribution in [1.82, 2.24) is 4.98 Å². The summed E-state index contributed by atoms with van der Waals surface area (Å²) in [4.78, 5) is 15.9. The van der Waals surface area contributed by atoms with Crippen molar-refractivity contribution >= 4 is 11.6 Å². The minimum absolute atomic E-state index is 0.127. The standard InChI is InChI=1S/C14H13FN2O/c1-9-2-3-11(15)8-12(9)13(18)6-10-4-5-17-14(16)7-10/h2-5,7-8H,6H2,1H3,(H2,16,17). The highest BCUT2D eigenvalue weighted by molar-refractivity contribution is 5.98. The number of nitrogen functional groups attached to an aromatic ring is 1. The minimum Gasteiger partial charge on any atom is -0.384 e. The van der Waals surface area contributed by atoms with Crippen LogP contribution in [-0.4, -0.2) is 10.8 Å². The Morgan fingerprint density at radius 2 is 2.11 bits per heavy atom. The minimum atomic E-state index is -0.404. The molecule has 1 heterocycles. The van der Waals surface area contributed by atoms with Crippen molar-refractivity contribution in [3.8, 4) is 0 Å². The van der Waals surface area contributed by atoms with E-state index >= 15 is 0 Å². The second-order valence-electron chi connectivity index (χ2n) is 4.15. The SMILES string of the molecule is Cc1ccc(F)cc1C(=O)Cc1ccnc(N)c1. The summed E-state index contributed by atoms with van der Waals surface area (Å²) in [5.74, 6) is -0.160. The smallest absolute Gasteiger partial charge is 0.167 e. The Morgan fingerprint density at radius 1 is 1.33 bits per heavy atom. The van der Waals surface area contributed by atoms with Gasteiger partial charge in [0.25, 0.3) is 0 Å². The van der Waals surface area contributed by atoms with Crippen LogP contribution in [0.2, 0.25) is 0 Å². The van der Waals surface area contributed by atoms with E-state index in [9.17, 15) is 9.18 Å². The molecular weight excluding hydrogens is 231 g/mol. The van der Waals surface area contributed by atoms with Crippen molar-refractivity contribution < 1.29 is 9.18 Å². The van der Waals surface area contributed by atoms with Gasteiger partial charge in [0.1, 0.15) is 11.6 Å². The second-order valence-corrected chi connectivity index (χ2v) is 4.15. The molecule has 2 N–H and O–H groups in total. The van der Waals surface area contributed by atoms with E-state index in [2.05, 4.69) is 4.98 Å². The van der Waals surface area contributed by atoms with Gasteiger partial charge in [0.2, 0.25) is 0 Å². The van der Waals surface area contributed by atoms with E-state index in [1.807, 2.05) is 0 Å². The third-order valence-corrected chi connectivity index (χ3v) is 2.71. The number of Topliss-reactive ketones (excluding diaryl/α,β-unsaturated/α-hetero) is 1. The topological polar surface area (TPSA) is 56.0 Å². The molecule has 0 unspecified atom stereocenters. The number of nitrogens with two attached hydrogens (primary N) is 1. The van der Waals surface area contributed by atoms with Crippen LogP contribution >= 0.6 is 0 Å². The second kappa shape index (κ2) is 4.96. The molecule has 0 atom stereocenters. The maximum Gasteiger partial charge on any atom is 0.167 e. The third kappa shape index (κ3) is 2.71. The molecule has 2 rings (SSSR count).